The highest BCUT2D eigenvalue weighted by Crippen LogP contribution is 2.30. The lowest BCUT2D eigenvalue weighted by atomic mass is 10.0. The number of methoxy groups -OCH3 is 1. The average Bonchev–Trinajstić information content (AvgIpc) is 2.50. The lowest BCUT2D eigenvalue weighted by molar-refractivity contribution is 0.0499. The zero-order valence-corrected chi connectivity index (χ0v) is 14.6. The molecule has 0 spiro atoms. The molecule has 134 valence electrons. The van der Waals surface area contributed by atoms with Crippen molar-refractivity contribution in [3.05, 3.63) is 45.6 Å². The van der Waals surface area contributed by atoms with Crippen molar-refractivity contribution < 1.29 is 18.6 Å². The molecule has 0 bridgehead atoms. The van der Waals surface area contributed by atoms with Gasteiger partial charge in [0.15, 0.2) is 0 Å². The van der Waals surface area contributed by atoms with Crippen molar-refractivity contribution in [3.63, 3.8) is 0 Å². The molecule has 0 fully saturated rings. The minimum absolute atomic E-state index is 0.368. The third-order valence-electron chi connectivity index (χ3n) is 3.40. The van der Waals surface area contributed by atoms with Crippen molar-refractivity contribution in [2.45, 2.75) is 31.7 Å². The second-order valence-corrected chi connectivity index (χ2v) is 5.86. The van der Waals surface area contributed by atoms with Crippen LogP contribution in [-0.4, -0.2) is 36.6 Å². The third kappa shape index (κ3) is 5.12. The van der Waals surface area contributed by atoms with Crippen LogP contribution < -0.4 is 11.1 Å². The zero-order valence-electron chi connectivity index (χ0n) is 13.1. The monoisotopic (exact) mass is 381 g/mol. The van der Waals surface area contributed by atoms with Gasteiger partial charge in [-0.3, -0.25) is 10.7 Å². The van der Waals surface area contributed by atoms with Crippen LogP contribution >= 0.6 is 23.2 Å². The van der Waals surface area contributed by atoms with Gasteiger partial charge >= 0.3 is 0 Å². The molecule has 24 heavy (non-hydrogen) atoms. The Morgan fingerprint density at radius 3 is 2.50 bits per heavy atom. The topological polar surface area (TPSA) is 91.4 Å². The maximum absolute atomic E-state index is 12.6. The van der Waals surface area contributed by atoms with Gasteiger partial charge < -0.3 is 15.6 Å². The molecule has 0 amide bonds. The summed E-state index contributed by atoms with van der Waals surface area (Å²) in [6.45, 7) is 1.67. The van der Waals surface area contributed by atoms with Gasteiger partial charge in [0.2, 0.25) is 0 Å². The molecule has 1 aromatic carbocycles. The maximum atomic E-state index is 12.6. The molecule has 0 aliphatic carbocycles. The van der Waals surface area contributed by atoms with Crippen molar-refractivity contribution in [2.75, 3.05) is 7.11 Å². The summed E-state index contributed by atoms with van der Waals surface area (Å²) >= 11 is 12.0. The fourth-order valence-electron chi connectivity index (χ4n) is 2.21. The van der Waals surface area contributed by atoms with Gasteiger partial charge in [-0.15, -0.1) is 0 Å². The maximum Gasteiger partial charge on any atom is 0.280 e. The molecule has 1 rings (SSSR count). The highest BCUT2D eigenvalue weighted by Gasteiger charge is 2.27. The molecule has 5 nitrogen and oxygen atoms in total. The van der Waals surface area contributed by atoms with Gasteiger partial charge in [-0.2, -0.15) is 0 Å². The molecule has 0 saturated carbocycles. The number of rotatable bonds is 8. The summed E-state index contributed by atoms with van der Waals surface area (Å²) in [4.78, 5) is 0. The predicted octanol–water partition coefficient (Wildman–Crippen LogP) is 3.10. The van der Waals surface area contributed by atoms with E-state index in [0.717, 1.165) is 6.20 Å². The first-order chi connectivity index (χ1) is 11.2. The summed E-state index contributed by atoms with van der Waals surface area (Å²) in [7, 11) is 1.45. The molecule has 0 radical (unpaired) electrons. The van der Waals surface area contributed by atoms with Crippen molar-refractivity contribution >= 4 is 28.9 Å². The Labute approximate surface area is 148 Å². The second kappa shape index (κ2) is 9.29. The van der Waals surface area contributed by atoms with Crippen molar-refractivity contribution in [1.82, 2.24) is 5.32 Å². The Bertz CT molecular complexity index is 614. The molecular weight excluding hydrogens is 363 g/mol. The van der Waals surface area contributed by atoms with Gasteiger partial charge in [0.1, 0.15) is 11.9 Å². The Morgan fingerprint density at radius 1 is 1.42 bits per heavy atom. The Hall–Kier alpha value is -1.25. The van der Waals surface area contributed by atoms with E-state index >= 15 is 0 Å². The van der Waals surface area contributed by atoms with Gasteiger partial charge in [-0.05, 0) is 19.1 Å². The number of hydrogen-bond acceptors (Lipinski definition) is 5. The fourth-order valence-corrected chi connectivity index (χ4v) is 2.73. The number of halogens is 4. The molecule has 5 N–H and O–H groups in total. The standard InChI is InChI=1S/C15H19Cl2F2N3O2/c1-7(22-15(23)10(6-20)12(21)14(18)19)13(24-2)9-4-3-8(16)5-11(9)17/h3-7,13-15,21-23H,20H2,1-2H3/b10-6+,21-12?. The molecule has 3 unspecified atom stereocenters. The Morgan fingerprint density at radius 2 is 2.04 bits per heavy atom. The van der Waals surface area contributed by atoms with Gasteiger partial charge in [-0.1, -0.05) is 29.3 Å². The minimum Gasteiger partial charge on any atom is -0.404 e. The van der Waals surface area contributed by atoms with E-state index in [1.54, 1.807) is 25.1 Å². The van der Waals surface area contributed by atoms with Crippen LogP contribution in [0.2, 0.25) is 10.0 Å². The van der Waals surface area contributed by atoms with Crippen LogP contribution in [0, 0.1) is 5.41 Å². The smallest absolute Gasteiger partial charge is 0.280 e. The fraction of sp³-hybridized carbons (Fsp3) is 0.400. The number of ether oxygens (including phenoxy) is 1. The van der Waals surface area contributed by atoms with E-state index in [0.29, 0.717) is 15.6 Å². The predicted molar refractivity (Wildman–Crippen MR) is 90.8 cm³/mol. The molecule has 1 aromatic rings. The number of alkyl halides is 2. The highest BCUT2D eigenvalue weighted by molar-refractivity contribution is 6.35. The first-order valence-electron chi connectivity index (χ1n) is 6.93. The van der Waals surface area contributed by atoms with Gasteiger partial charge in [0.05, 0.1) is 6.10 Å². The van der Waals surface area contributed by atoms with E-state index in [9.17, 15) is 13.9 Å². The van der Waals surface area contributed by atoms with Crippen LogP contribution in [0.5, 0.6) is 0 Å². The van der Waals surface area contributed by atoms with Crippen LogP contribution in [0.3, 0.4) is 0 Å². The first kappa shape index (κ1) is 20.8. The third-order valence-corrected chi connectivity index (χ3v) is 3.96. The van der Waals surface area contributed by atoms with Crippen LogP contribution in [0.25, 0.3) is 0 Å². The van der Waals surface area contributed by atoms with Crippen molar-refractivity contribution in [1.29, 1.82) is 5.41 Å². The number of aliphatic hydroxyl groups excluding tert-OH is 1. The number of hydrogen-bond donors (Lipinski definition) is 4. The summed E-state index contributed by atoms with van der Waals surface area (Å²) < 4.78 is 30.6. The lowest BCUT2D eigenvalue weighted by Crippen LogP contribution is -2.44. The Kier molecular flexibility index (Phi) is 8.05. The highest BCUT2D eigenvalue weighted by atomic mass is 35.5. The molecule has 9 heteroatoms. The first-order valence-corrected chi connectivity index (χ1v) is 7.69. The molecule has 0 heterocycles. The van der Waals surface area contributed by atoms with Crippen LogP contribution in [0.1, 0.15) is 18.6 Å². The van der Waals surface area contributed by atoms with Gasteiger partial charge in [0, 0.05) is 40.5 Å². The molecular formula is C15H19Cl2F2N3O2. The second-order valence-electron chi connectivity index (χ2n) is 5.02. The van der Waals surface area contributed by atoms with Crippen LogP contribution in [-0.2, 0) is 4.74 Å². The molecule has 0 aliphatic rings. The summed E-state index contributed by atoms with van der Waals surface area (Å²) in [6.07, 6.45) is -4.43. The molecule has 3 atom stereocenters. The lowest BCUT2D eigenvalue weighted by Gasteiger charge is -2.28. The van der Waals surface area contributed by atoms with E-state index in [1.807, 2.05) is 0 Å². The van der Waals surface area contributed by atoms with E-state index in [4.69, 9.17) is 39.1 Å². The number of nitrogens with one attached hydrogen (secondary N) is 2. The largest absolute Gasteiger partial charge is 0.404 e. The summed E-state index contributed by atoms with van der Waals surface area (Å²) in [6, 6.07) is 4.31. The molecule has 0 aromatic heterocycles. The normalized spacial score (nSPS) is 16.1. The van der Waals surface area contributed by atoms with Gasteiger partial charge in [-0.25, -0.2) is 8.78 Å². The zero-order chi connectivity index (χ0) is 18.4. The van der Waals surface area contributed by atoms with Crippen molar-refractivity contribution in [3.8, 4) is 0 Å². The number of nitrogens with two attached hydrogens (primary N) is 1. The summed E-state index contributed by atoms with van der Waals surface area (Å²) in [5, 5.41) is 20.8. The molecule has 0 saturated heterocycles. The van der Waals surface area contributed by atoms with Crippen LogP contribution in [0.4, 0.5) is 8.78 Å². The summed E-state index contributed by atoms with van der Waals surface area (Å²) in [5.41, 5.74) is 4.39. The van der Waals surface area contributed by atoms with Crippen molar-refractivity contribution in [2.24, 2.45) is 5.73 Å². The quantitative estimate of drug-likeness (QED) is 0.411. The van der Waals surface area contributed by atoms with Gasteiger partial charge in [0.25, 0.3) is 6.43 Å². The van der Waals surface area contributed by atoms with E-state index in [-0.39, 0.29) is 0 Å². The van der Waals surface area contributed by atoms with E-state index in [1.165, 1.54) is 7.11 Å². The van der Waals surface area contributed by atoms with E-state index in [2.05, 4.69) is 5.32 Å². The average molecular weight is 382 g/mol. The van der Waals surface area contributed by atoms with Crippen LogP contribution in [0.15, 0.2) is 30.0 Å². The molecule has 0 aliphatic heterocycles. The summed E-state index contributed by atoms with van der Waals surface area (Å²) in [5.74, 6) is 0. The van der Waals surface area contributed by atoms with E-state index < -0.39 is 36.1 Å². The Balaban J connectivity index is 2.94. The minimum atomic E-state index is -3.05. The number of benzene rings is 1. The number of aliphatic hydroxyl groups is 1. The SMILES string of the molecule is COC(c1ccc(Cl)cc1Cl)C(C)NC(O)/C(=C/N)C(=N)C(F)F.